The second-order valence-corrected chi connectivity index (χ2v) is 3.22. The molecule has 1 aromatic carbocycles. The Bertz CT molecular complexity index is 350. The van der Waals surface area contributed by atoms with E-state index in [0.717, 1.165) is 6.07 Å². The highest BCUT2D eigenvalue weighted by Gasteiger charge is 2.34. The number of benzene rings is 1. The van der Waals surface area contributed by atoms with Crippen molar-refractivity contribution in [3.8, 4) is 0 Å². The Morgan fingerprint density at radius 3 is 2.33 bits per heavy atom. The average molecular weight is 243 g/mol. The van der Waals surface area contributed by atoms with Gasteiger partial charge < -0.3 is 5.11 Å². The van der Waals surface area contributed by atoms with E-state index >= 15 is 0 Å². The van der Waals surface area contributed by atoms with Crippen LogP contribution in [-0.4, -0.2) is 11.0 Å². The molecule has 0 amide bonds. The number of halogens is 5. The van der Waals surface area contributed by atoms with E-state index in [1.807, 2.05) is 0 Å². The molecule has 0 fully saturated rings. The Balaban J connectivity index is 3.09. The molecule has 84 valence electrons. The van der Waals surface area contributed by atoms with E-state index in [0.29, 0.717) is 12.1 Å². The molecule has 1 rings (SSSR count). The highest BCUT2D eigenvalue weighted by atomic mass is 35.5. The fourth-order valence-electron chi connectivity index (χ4n) is 1.06. The van der Waals surface area contributed by atoms with Crippen LogP contribution >= 0.6 is 11.6 Å². The highest BCUT2D eigenvalue weighted by Crippen LogP contribution is 2.32. The molecule has 0 aliphatic carbocycles. The summed E-state index contributed by atoms with van der Waals surface area (Å²) in [7, 11) is 0. The molecule has 0 saturated carbocycles. The standard InChI is InChI=1S/C9H7ClF4O/c10-4-8(15)5-1-2-6(7(11)3-5)9(12,13)14/h1-3,8,15H,4H2. The van der Waals surface area contributed by atoms with Crippen LogP contribution in [0.4, 0.5) is 17.6 Å². The third kappa shape index (κ3) is 2.82. The molecule has 0 aliphatic heterocycles. The summed E-state index contributed by atoms with van der Waals surface area (Å²) < 4.78 is 49.4. The second-order valence-electron chi connectivity index (χ2n) is 2.91. The molecule has 1 N–H and O–H groups in total. The van der Waals surface area contributed by atoms with Crippen LogP contribution in [0.25, 0.3) is 0 Å². The van der Waals surface area contributed by atoms with Gasteiger partial charge in [0.1, 0.15) is 5.82 Å². The van der Waals surface area contributed by atoms with Gasteiger partial charge >= 0.3 is 6.18 Å². The van der Waals surface area contributed by atoms with E-state index in [4.69, 9.17) is 16.7 Å². The fraction of sp³-hybridized carbons (Fsp3) is 0.333. The first-order chi connectivity index (χ1) is 6.86. The monoisotopic (exact) mass is 242 g/mol. The summed E-state index contributed by atoms with van der Waals surface area (Å²) in [4.78, 5) is 0. The molecule has 0 spiro atoms. The Hall–Kier alpha value is -0.810. The van der Waals surface area contributed by atoms with Crippen LogP contribution < -0.4 is 0 Å². The Labute approximate surface area is 88.3 Å². The predicted octanol–water partition coefficient (Wildman–Crippen LogP) is 3.12. The van der Waals surface area contributed by atoms with Gasteiger partial charge in [0, 0.05) is 0 Å². The molecule has 0 bridgehead atoms. The van der Waals surface area contributed by atoms with Crippen molar-refractivity contribution in [2.24, 2.45) is 0 Å². The average Bonchev–Trinajstić information content (AvgIpc) is 2.14. The number of aliphatic hydroxyl groups is 1. The van der Waals surface area contributed by atoms with Crippen molar-refractivity contribution >= 4 is 11.6 Å². The minimum atomic E-state index is -4.73. The second kappa shape index (κ2) is 4.37. The summed E-state index contributed by atoms with van der Waals surface area (Å²) in [5.74, 6) is -1.62. The number of hydrogen-bond acceptors (Lipinski definition) is 1. The van der Waals surface area contributed by atoms with Crippen LogP contribution in [-0.2, 0) is 6.18 Å². The van der Waals surface area contributed by atoms with E-state index in [9.17, 15) is 17.6 Å². The van der Waals surface area contributed by atoms with Crippen molar-refractivity contribution in [2.75, 3.05) is 5.88 Å². The van der Waals surface area contributed by atoms with E-state index in [-0.39, 0.29) is 11.4 Å². The zero-order chi connectivity index (χ0) is 11.6. The van der Waals surface area contributed by atoms with Crippen molar-refractivity contribution < 1.29 is 22.7 Å². The molecular formula is C9H7ClF4O. The zero-order valence-corrected chi connectivity index (χ0v) is 8.11. The summed E-state index contributed by atoms with van der Waals surface area (Å²) in [6, 6.07) is 2.22. The largest absolute Gasteiger partial charge is 0.419 e. The maximum absolute atomic E-state index is 13.0. The topological polar surface area (TPSA) is 20.2 Å². The van der Waals surface area contributed by atoms with Crippen molar-refractivity contribution in [3.05, 3.63) is 35.1 Å². The summed E-state index contributed by atoms with van der Waals surface area (Å²) in [5.41, 5.74) is -1.33. The maximum atomic E-state index is 13.0. The quantitative estimate of drug-likeness (QED) is 0.624. The molecule has 0 radical (unpaired) electrons. The summed E-state index contributed by atoms with van der Waals surface area (Å²) >= 11 is 5.27. The van der Waals surface area contributed by atoms with Crippen molar-refractivity contribution in [3.63, 3.8) is 0 Å². The molecule has 1 unspecified atom stereocenters. The van der Waals surface area contributed by atoms with E-state index in [2.05, 4.69) is 0 Å². The molecule has 1 atom stereocenters. The number of alkyl halides is 4. The maximum Gasteiger partial charge on any atom is 0.419 e. The van der Waals surface area contributed by atoms with Crippen LogP contribution in [0, 0.1) is 5.82 Å². The molecular weight excluding hydrogens is 236 g/mol. The van der Waals surface area contributed by atoms with E-state index < -0.39 is 23.7 Å². The number of rotatable bonds is 2. The number of aliphatic hydroxyl groups excluding tert-OH is 1. The summed E-state index contributed by atoms with van der Waals surface area (Å²) in [6.07, 6.45) is -5.89. The Morgan fingerprint density at radius 2 is 1.93 bits per heavy atom. The van der Waals surface area contributed by atoms with Crippen molar-refractivity contribution in [1.29, 1.82) is 0 Å². The molecule has 0 saturated heterocycles. The van der Waals surface area contributed by atoms with Gasteiger partial charge in [0.25, 0.3) is 0 Å². The van der Waals surface area contributed by atoms with Gasteiger partial charge in [-0.2, -0.15) is 13.2 Å². The van der Waals surface area contributed by atoms with Gasteiger partial charge in [0.05, 0.1) is 17.5 Å². The van der Waals surface area contributed by atoms with Crippen LogP contribution in [0.3, 0.4) is 0 Å². The van der Waals surface area contributed by atoms with Gasteiger partial charge in [-0.25, -0.2) is 4.39 Å². The van der Waals surface area contributed by atoms with Gasteiger partial charge in [-0.3, -0.25) is 0 Å². The molecule has 0 aromatic heterocycles. The van der Waals surface area contributed by atoms with E-state index in [1.165, 1.54) is 0 Å². The van der Waals surface area contributed by atoms with Gasteiger partial charge in [-0.05, 0) is 17.7 Å². The number of hydrogen-bond donors (Lipinski definition) is 1. The molecule has 0 heterocycles. The molecule has 0 aliphatic rings. The first kappa shape index (κ1) is 12.3. The minimum Gasteiger partial charge on any atom is -0.387 e. The highest BCUT2D eigenvalue weighted by molar-refractivity contribution is 6.18. The van der Waals surface area contributed by atoms with Gasteiger partial charge in [-0.15, -0.1) is 11.6 Å². The Morgan fingerprint density at radius 1 is 1.33 bits per heavy atom. The third-order valence-electron chi connectivity index (χ3n) is 1.83. The lowest BCUT2D eigenvalue weighted by Crippen LogP contribution is -2.09. The van der Waals surface area contributed by atoms with E-state index in [1.54, 1.807) is 0 Å². The molecule has 15 heavy (non-hydrogen) atoms. The lowest BCUT2D eigenvalue weighted by molar-refractivity contribution is -0.140. The first-order valence-electron chi connectivity index (χ1n) is 3.97. The lowest BCUT2D eigenvalue weighted by atomic mass is 10.1. The molecule has 1 aromatic rings. The summed E-state index contributed by atoms with van der Waals surface area (Å²) in [5, 5.41) is 9.17. The van der Waals surface area contributed by atoms with Crippen LogP contribution in [0.2, 0.25) is 0 Å². The van der Waals surface area contributed by atoms with Crippen LogP contribution in [0.15, 0.2) is 18.2 Å². The first-order valence-corrected chi connectivity index (χ1v) is 4.50. The van der Waals surface area contributed by atoms with Crippen LogP contribution in [0.1, 0.15) is 17.2 Å². The van der Waals surface area contributed by atoms with Gasteiger partial charge in [-0.1, -0.05) is 6.07 Å². The van der Waals surface area contributed by atoms with Crippen molar-refractivity contribution in [1.82, 2.24) is 0 Å². The fourth-order valence-corrected chi connectivity index (χ4v) is 1.24. The minimum absolute atomic E-state index is 0.0236. The smallest absolute Gasteiger partial charge is 0.387 e. The molecule has 6 heteroatoms. The predicted molar refractivity (Wildman–Crippen MR) is 47.1 cm³/mol. The lowest BCUT2D eigenvalue weighted by Gasteiger charge is -2.11. The Kier molecular flexibility index (Phi) is 3.57. The van der Waals surface area contributed by atoms with Crippen molar-refractivity contribution in [2.45, 2.75) is 12.3 Å². The molecule has 1 nitrogen and oxygen atoms in total. The summed E-state index contributed by atoms with van der Waals surface area (Å²) in [6.45, 7) is 0. The van der Waals surface area contributed by atoms with Crippen LogP contribution in [0.5, 0.6) is 0 Å². The van der Waals surface area contributed by atoms with Gasteiger partial charge in [0.15, 0.2) is 0 Å². The SMILES string of the molecule is OC(CCl)c1ccc(C(F)(F)F)c(F)c1. The third-order valence-corrected chi connectivity index (χ3v) is 2.12. The normalized spacial score (nSPS) is 14.0. The van der Waals surface area contributed by atoms with Gasteiger partial charge in [0.2, 0.25) is 0 Å². The zero-order valence-electron chi connectivity index (χ0n) is 7.35.